The predicted octanol–water partition coefficient (Wildman–Crippen LogP) is 0.704. The van der Waals surface area contributed by atoms with Crippen LogP contribution in [0.25, 0.3) is 0 Å². The van der Waals surface area contributed by atoms with Crippen molar-refractivity contribution in [3.8, 4) is 11.5 Å². The number of amides is 1. The van der Waals surface area contributed by atoms with Crippen molar-refractivity contribution in [3.63, 3.8) is 0 Å². The van der Waals surface area contributed by atoms with Gasteiger partial charge in [0.25, 0.3) is 5.91 Å². The second kappa shape index (κ2) is 4.22. The molecule has 4 rings (SSSR count). The Hall–Kier alpha value is -2.57. The lowest BCUT2D eigenvalue weighted by Gasteiger charge is -2.38. The number of carbonyl (C=O) groups is 1. The molecule has 7 heteroatoms. The largest absolute Gasteiger partial charge is 0.454 e. The quantitative estimate of drug-likeness (QED) is 0.805. The lowest BCUT2D eigenvalue weighted by molar-refractivity contribution is 0.0498. The van der Waals surface area contributed by atoms with Gasteiger partial charge in [0.2, 0.25) is 6.79 Å². The van der Waals surface area contributed by atoms with Gasteiger partial charge in [-0.1, -0.05) is 5.21 Å². The van der Waals surface area contributed by atoms with E-state index in [4.69, 9.17) is 9.47 Å². The summed E-state index contributed by atoms with van der Waals surface area (Å²) in [5.74, 6) is 1.31. The van der Waals surface area contributed by atoms with E-state index in [0.717, 1.165) is 0 Å². The van der Waals surface area contributed by atoms with Crippen LogP contribution in [0.1, 0.15) is 16.4 Å². The minimum absolute atomic E-state index is 0.000310. The lowest BCUT2D eigenvalue weighted by atomic mass is 10.1. The van der Waals surface area contributed by atoms with E-state index in [1.165, 1.54) is 0 Å². The van der Waals surface area contributed by atoms with Gasteiger partial charge in [-0.05, 0) is 18.2 Å². The van der Waals surface area contributed by atoms with E-state index in [1.54, 1.807) is 34.0 Å². The smallest absolute Gasteiger partial charge is 0.254 e. The number of carbonyl (C=O) groups excluding carboxylic acids is 1. The van der Waals surface area contributed by atoms with Crippen LogP contribution in [0, 0.1) is 0 Å². The molecule has 1 amide bonds. The summed E-state index contributed by atoms with van der Waals surface area (Å²) in [5.41, 5.74) is 0.617. The number of fused-ring (bicyclic) bond motifs is 1. The van der Waals surface area contributed by atoms with Gasteiger partial charge in [-0.25, -0.2) is 4.68 Å². The Morgan fingerprint density at radius 1 is 1.25 bits per heavy atom. The number of nitrogens with zero attached hydrogens (tertiary/aromatic N) is 4. The zero-order chi connectivity index (χ0) is 13.5. The van der Waals surface area contributed by atoms with Crippen molar-refractivity contribution >= 4 is 5.91 Å². The van der Waals surface area contributed by atoms with E-state index in [-0.39, 0.29) is 18.7 Å². The standard InChI is InChI=1S/C13H12N4O3/c18-13(9-1-2-11-12(5-9)20-8-19-11)16-6-10(7-16)17-4-3-14-15-17/h1-5,10H,6-8H2. The highest BCUT2D eigenvalue weighted by Crippen LogP contribution is 2.33. The van der Waals surface area contributed by atoms with Crippen LogP contribution < -0.4 is 9.47 Å². The second-order valence-electron chi connectivity index (χ2n) is 4.82. The van der Waals surface area contributed by atoms with Gasteiger partial charge in [-0.3, -0.25) is 4.79 Å². The molecule has 1 aromatic carbocycles. The molecular weight excluding hydrogens is 260 g/mol. The van der Waals surface area contributed by atoms with E-state index in [1.807, 2.05) is 6.20 Å². The Bertz CT molecular complexity index is 650. The van der Waals surface area contributed by atoms with E-state index >= 15 is 0 Å². The average Bonchev–Trinajstić information content (AvgIpc) is 3.06. The van der Waals surface area contributed by atoms with E-state index in [0.29, 0.717) is 30.2 Å². The van der Waals surface area contributed by atoms with Gasteiger partial charge >= 0.3 is 0 Å². The number of aromatic nitrogens is 3. The van der Waals surface area contributed by atoms with Gasteiger partial charge in [-0.15, -0.1) is 5.10 Å². The number of benzene rings is 1. The van der Waals surface area contributed by atoms with Gasteiger partial charge < -0.3 is 14.4 Å². The monoisotopic (exact) mass is 272 g/mol. The van der Waals surface area contributed by atoms with Crippen LogP contribution in [0.2, 0.25) is 0 Å². The fraction of sp³-hybridized carbons (Fsp3) is 0.308. The van der Waals surface area contributed by atoms with Gasteiger partial charge in [0, 0.05) is 24.8 Å². The molecule has 2 aromatic rings. The maximum Gasteiger partial charge on any atom is 0.254 e. The molecule has 1 fully saturated rings. The molecule has 3 heterocycles. The normalized spacial score (nSPS) is 17.1. The Labute approximate surface area is 114 Å². The zero-order valence-corrected chi connectivity index (χ0v) is 10.6. The molecule has 0 saturated carbocycles. The molecule has 0 atom stereocenters. The van der Waals surface area contributed by atoms with Crippen molar-refractivity contribution in [2.45, 2.75) is 6.04 Å². The molecule has 0 aliphatic carbocycles. The summed E-state index contributed by atoms with van der Waals surface area (Å²) in [6.45, 7) is 1.51. The molecule has 0 unspecified atom stereocenters. The molecule has 102 valence electrons. The topological polar surface area (TPSA) is 69.5 Å². The summed E-state index contributed by atoms with van der Waals surface area (Å²) >= 11 is 0. The fourth-order valence-corrected chi connectivity index (χ4v) is 2.41. The van der Waals surface area contributed by atoms with Crippen molar-refractivity contribution in [2.75, 3.05) is 19.9 Å². The van der Waals surface area contributed by atoms with E-state index in [2.05, 4.69) is 10.3 Å². The first kappa shape index (κ1) is 11.3. The zero-order valence-electron chi connectivity index (χ0n) is 10.6. The van der Waals surface area contributed by atoms with Crippen molar-refractivity contribution in [2.24, 2.45) is 0 Å². The lowest BCUT2D eigenvalue weighted by Crippen LogP contribution is -2.50. The van der Waals surface area contributed by atoms with Crippen LogP contribution in [0.3, 0.4) is 0 Å². The minimum atomic E-state index is -0.000310. The third-order valence-corrected chi connectivity index (χ3v) is 3.58. The highest BCUT2D eigenvalue weighted by atomic mass is 16.7. The SMILES string of the molecule is O=C(c1ccc2c(c1)OCO2)N1CC(n2ccnn2)C1. The molecular formula is C13H12N4O3. The van der Waals surface area contributed by atoms with E-state index < -0.39 is 0 Å². The second-order valence-corrected chi connectivity index (χ2v) is 4.82. The molecule has 0 N–H and O–H groups in total. The minimum Gasteiger partial charge on any atom is -0.454 e. The van der Waals surface area contributed by atoms with Crippen molar-refractivity contribution in [3.05, 3.63) is 36.2 Å². The third-order valence-electron chi connectivity index (χ3n) is 3.58. The van der Waals surface area contributed by atoms with E-state index in [9.17, 15) is 4.79 Å². The van der Waals surface area contributed by atoms with Gasteiger partial charge in [0.15, 0.2) is 11.5 Å². The third kappa shape index (κ3) is 1.70. The van der Waals surface area contributed by atoms with Crippen LogP contribution in [0.15, 0.2) is 30.6 Å². The van der Waals surface area contributed by atoms with Gasteiger partial charge in [0.1, 0.15) is 0 Å². The molecule has 1 aromatic heterocycles. The molecule has 20 heavy (non-hydrogen) atoms. The first-order valence-corrected chi connectivity index (χ1v) is 6.36. The maximum atomic E-state index is 12.3. The van der Waals surface area contributed by atoms with Gasteiger partial charge in [0.05, 0.1) is 12.2 Å². The molecule has 7 nitrogen and oxygen atoms in total. The Balaban J connectivity index is 1.47. The molecule has 0 radical (unpaired) electrons. The highest BCUT2D eigenvalue weighted by Gasteiger charge is 2.33. The van der Waals surface area contributed by atoms with Crippen molar-refractivity contribution in [1.29, 1.82) is 0 Å². The van der Waals surface area contributed by atoms with Crippen LogP contribution in [0.5, 0.6) is 11.5 Å². The molecule has 2 aliphatic rings. The van der Waals surface area contributed by atoms with Crippen LogP contribution in [-0.2, 0) is 0 Å². The number of hydrogen-bond donors (Lipinski definition) is 0. The first-order valence-electron chi connectivity index (χ1n) is 6.36. The van der Waals surface area contributed by atoms with Crippen molar-refractivity contribution < 1.29 is 14.3 Å². The summed E-state index contributed by atoms with van der Waals surface area (Å²) in [7, 11) is 0. The Morgan fingerprint density at radius 3 is 2.90 bits per heavy atom. The van der Waals surface area contributed by atoms with Crippen molar-refractivity contribution in [1.82, 2.24) is 19.9 Å². The molecule has 1 saturated heterocycles. The highest BCUT2D eigenvalue weighted by molar-refractivity contribution is 5.95. The van der Waals surface area contributed by atoms with Gasteiger partial charge in [-0.2, -0.15) is 0 Å². The average molecular weight is 272 g/mol. The van der Waals surface area contributed by atoms with Crippen LogP contribution >= 0.6 is 0 Å². The number of hydrogen-bond acceptors (Lipinski definition) is 5. The fourth-order valence-electron chi connectivity index (χ4n) is 2.41. The molecule has 0 bridgehead atoms. The summed E-state index contributed by atoms with van der Waals surface area (Å²) in [6, 6.07) is 5.48. The summed E-state index contributed by atoms with van der Waals surface area (Å²) in [6.07, 6.45) is 3.45. The number of likely N-dealkylation sites (tertiary alicyclic amines) is 1. The van der Waals surface area contributed by atoms with Crippen LogP contribution in [-0.4, -0.2) is 45.7 Å². The summed E-state index contributed by atoms with van der Waals surface area (Å²) in [5, 5.41) is 7.72. The first-order chi connectivity index (χ1) is 9.81. The predicted molar refractivity (Wildman–Crippen MR) is 67.5 cm³/mol. The number of ether oxygens (including phenoxy) is 2. The summed E-state index contributed by atoms with van der Waals surface area (Å²) in [4.78, 5) is 14.1. The molecule has 2 aliphatic heterocycles. The molecule has 0 spiro atoms. The number of rotatable bonds is 2. The Kier molecular flexibility index (Phi) is 2.38. The maximum absolute atomic E-state index is 12.3. The van der Waals surface area contributed by atoms with Crippen LogP contribution in [0.4, 0.5) is 0 Å². The summed E-state index contributed by atoms with van der Waals surface area (Å²) < 4.78 is 12.3. The Morgan fingerprint density at radius 2 is 2.10 bits per heavy atom.